The number of nitrogens with zero attached hydrogens (tertiary/aromatic N) is 2. The fraction of sp³-hybridized carbons (Fsp3) is 0.278. The molecule has 1 atom stereocenters. The molecule has 2 heterocycles. The van der Waals surface area contributed by atoms with Crippen LogP contribution < -0.4 is 5.73 Å². The van der Waals surface area contributed by atoms with Gasteiger partial charge in [-0.15, -0.1) is 0 Å². The monoisotopic (exact) mass is 279 g/mol. The first-order chi connectivity index (χ1) is 10.1. The molecule has 108 valence electrons. The molecule has 0 bridgehead atoms. The molecular formula is C18H21N3. The Hall–Kier alpha value is -2.13. The van der Waals surface area contributed by atoms with Crippen molar-refractivity contribution in [2.24, 2.45) is 5.73 Å². The van der Waals surface area contributed by atoms with E-state index in [2.05, 4.69) is 48.6 Å². The lowest BCUT2D eigenvalue weighted by Gasteiger charge is -2.09. The number of imidazole rings is 1. The van der Waals surface area contributed by atoms with Gasteiger partial charge in [-0.3, -0.25) is 0 Å². The molecule has 0 aliphatic carbocycles. The molecule has 0 aliphatic heterocycles. The van der Waals surface area contributed by atoms with Crippen LogP contribution in [0.1, 0.15) is 41.0 Å². The van der Waals surface area contributed by atoms with Crippen molar-refractivity contribution in [2.75, 3.05) is 0 Å². The van der Waals surface area contributed by atoms with E-state index >= 15 is 0 Å². The lowest BCUT2D eigenvalue weighted by molar-refractivity contribution is 0.755. The number of hydrogen-bond donors (Lipinski definition) is 1. The van der Waals surface area contributed by atoms with Crippen LogP contribution in [0.5, 0.6) is 0 Å². The molecule has 0 spiro atoms. The molecule has 3 aromatic rings. The Morgan fingerprint density at radius 2 is 2.00 bits per heavy atom. The summed E-state index contributed by atoms with van der Waals surface area (Å²) in [5, 5.41) is 0. The molecule has 2 N–H and O–H groups in total. The second kappa shape index (κ2) is 5.34. The predicted octanol–water partition coefficient (Wildman–Crippen LogP) is 3.56. The smallest absolute Gasteiger partial charge is 0.140 e. The molecule has 0 aliphatic rings. The van der Waals surface area contributed by atoms with Crippen molar-refractivity contribution in [1.82, 2.24) is 9.38 Å². The third-order valence-electron chi connectivity index (χ3n) is 3.84. The van der Waals surface area contributed by atoms with Gasteiger partial charge in [0.05, 0.1) is 11.4 Å². The highest BCUT2D eigenvalue weighted by Gasteiger charge is 2.16. The van der Waals surface area contributed by atoms with Crippen molar-refractivity contribution in [1.29, 1.82) is 0 Å². The summed E-state index contributed by atoms with van der Waals surface area (Å²) in [6, 6.07) is 12.7. The Morgan fingerprint density at radius 1 is 1.19 bits per heavy atom. The van der Waals surface area contributed by atoms with Gasteiger partial charge in [0.25, 0.3) is 0 Å². The standard InChI is InChI=1S/C18H21N3/c1-12-6-4-8-15(10-12)11-16-17(14(3)19)21-9-5-7-13(2)18(21)20-16/h4-10,14H,11,19H2,1-3H3. The summed E-state index contributed by atoms with van der Waals surface area (Å²) in [7, 11) is 0. The Balaban J connectivity index is 2.13. The first-order valence-corrected chi connectivity index (χ1v) is 7.34. The van der Waals surface area contributed by atoms with Crippen LogP contribution >= 0.6 is 0 Å². The molecule has 21 heavy (non-hydrogen) atoms. The highest BCUT2D eigenvalue weighted by molar-refractivity contribution is 5.51. The minimum Gasteiger partial charge on any atom is -0.323 e. The van der Waals surface area contributed by atoms with E-state index in [1.165, 1.54) is 16.7 Å². The van der Waals surface area contributed by atoms with Gasteiger partial charge in [-0.2, -0.15) is 0 Å². The zero-order valence-electron chi connectivity index (χ0n) is 12.8. The average Bonchev–Trinajstić information content (AvgIpc) is 2.78. The summed E-state index contributed by atoms with van der Waals surface area (Å²) in [6.07, 6.45) is 2.87. The van der Waals surface area contributed by atoms with E-state index in [-0.39, 0.29) is 6.04 Å². The Kier molecular flexibility index (Phi) is 3.52. The van der Waals surface area contributed by atoms with Gasteiger partial charge in [-0.05, 0) is 38.0 Å². The Bertz CT molecular complexity index is 784. The van der Waals surface area contributed by atoms with Crippen LogP contribution in [0.4, 0.5) is 0 Å². The average molecular weight is 279 g/mol. The lowest BCUT2D eigenvalue weighted by atomic mass is 10.0. The van der Waals surface area contributed by atoms with Crippen molar-refractivity contribution >= 4 is 5.65 Å². The molecule has 3 heteroatoms. The zero-order chi connectivity index (χ0) is 15.0. The molecular weight excluding hydrogens is 258 g/mol. The van der Waals surface area contributed by atoms with Crippen LogP contribution in [0.15, 0.2) is 42.6 Å². The molecule has 0 radical (unpaired) electrons. The van der Waals surface area contributed by atoms with Gasteiger partial charge in [-0.1, -0.05) is 35.9 Å². The van der Waals surface area contributed by atoms with Crippen molar-refractivity contribution in [3.63, 3.8) is 0 Å². The second-order valence-corrected chi connectivity index (χ2v) is 5.78. The number of fused-ring (bicyclic) bond motifs is 1. The number of rotatable bonds is 3. The van der Waals surface area contributed by atoms with Gasteiger partial charge in [0, 0.05) is 18.7 Å². The molecule has 1 unspecified atom stereocenters. The van der Waals surface area contributed by atoms with E-state index in [0.29, 0.717) is 0 Å². The predicted molar refractivity (Wildman–Crippen MR) is 86.5 cm³/mol. The number of pyridine rings is 1. The van der Waals surface area contributed by atoms with Crippen molar-refractivity contribution in [2.45, 2.75) is 33.2 Å². The quantitative estimate of drug-likeness (QED) is 0.796. The fourth-order valence-corrected chi connectivity index (χ4v) is 2.90. The molecule has 1 aromatic carbocycles. The molecule has 0 amide bonds. The van der Waals surface area contributed by atoms with E-state index in [0.717, 1.165) is 23.5 Å². The van der Waals surface area contributed by atoms with E-state index in [1.54, 1.807) is 0 Å². The summed E-state index contributed by atoms with van der Waals surface area (Å²) in [5.41, 5.74) is 13.1. The summed E-state index contributed by atoms with van der Waals surface area (Å²) in [6.45, 7) is 6.22. The summed E-state index contributed by atoms with van der Waals surface area (Å²) >= 11 is 0. The van der Waals surface area contributed by atoms with Crippen LogP contribution in [0.3, 0.4) is 0 Å². The lowest BCUT2D eigenvalue weighted by Crippen LogP contribution is -2.11. The normalized spacial score (nSPS) is 12.8. The maximum Gasteiger partial charge on any atom is 0.140 e. The second-order valence-electron chi connectivity index (χ2n) is 5.78. The molecule has 0 saturated heterocycles. The zero-order valence-corrected chi connectivity index (χ0v) is 12.8. The number of nitrogens with two attached hydrogens (primary N) is 1. The highest BCUT2D eigenvalue weighted by atomic mass is 15.0. The molecule has 3 rings (SSSR count). The minimum absolute atomic E-state index is 0.0402. The van der Waals surface area contributed by atoms with Crippen molar-refractivity contribution in [3.8, 4) is 0 Å². The first kappa shape index (κ1) is 13.8. The third-order valence-corrected chi connectivity index (χ3v) is 3.84. The Morgan fingerprint density at radius 3 is 2.71 bits per heavy atom. The maximum atomic E-state index is 6.20. The SMILES string of the molecule is Cc1cccc(Cc2nc3c(C)cccn3c2C(C)N)c1. The molecule has 0 fully saturated rings. The van der Waals surface area contributed by atoms with Gasteiger partial charge in [0.2, 0.25) is 0 Å². The van der Waals surface area contributed by atoms with E-state index < -0.39 is 0 Å². The van der Waals surface area contributed by atoms with Gasteiger partial charge in [0.1, 0.15) is 5.65 Å². The van der Waals surface area contributed by atoms with Gasteiger partial charge >= 0.3 is 0 Å². The minimum atomic E-state index is -0.0402. The Labute approximate surface area is 125 Å². The van der Waals surface area contributed by atoms with Crippen LogP contribution in [0.2, 0.25) is 0 Å². The van der Waals surface area contributed by atoms with E-state index in [4.69, 9.17) is 10.7 Å². The molecule has 3 nitrogen and oxygen atoms in total. The van der Waals surface area contributed by atoms with Crippen LogP contribution in [0.25, 0.3) is 5.65 Å². The maximum absolute atomic E-state index is 6.20. The molecule has 0 saturated carbocycles. The first-order valence-electron chi connectivity index (χ1n) is 7.34. The van der Waals surface area contributed by atoms with Crippen LogP contribution in [-0.4, -0.2) is 9.38 Å². The highest BCUT2D eigenvalue weighted by Crippen LogP contribution is 2.23. The van der Waals surface area contributed by atoms with Gasteiger partial charge < -0.3 is 10.1 Å². The molecule has 2 aromatic heterocycles. The van der Waals surface area contributed by atoms with Crippen LogP contribution in [-0.2, 0) is 6.42 Å². The third kappa shape index (κ3) is 2.57. The summed E-state index contributed by atoms with van der Waals surface area (Å²) < 4.78 is 2.13. The number of aryl methyl sites for hydroxylation is 2. The number of hydrogen-bond acceptors (Lipinski definition) is 2. The summed E-state index contributed by atoms with van der Waals surface area (Å²) in [4.78, 5) is 4.84. The largest absolute Gasteiger partial charge is 0.323 e. The number of benzene rings is 1. The van der Waals surface area contributed by atoms with Gasteiger partial charge in [-0.25, -0.2) is 4.98 Å². The number of aromatic nitrogens is 2. The van der Waals surface area contributed by atoms with E-state index in [1.807, 2.05) is 19.2 Å². The fourth-order valence-electron chi connectivity index (χ4n) is 2.90. The van der Waals surface area contributed by atoms with Crippen molar-refractivity contribution in [3.05, 3.63) is 70.7 Å². The van der Waals surface area contributed by atoms with Crippen LogP contribution in [0, 0.1) is 13.8 Å². The van der Waals surface area contributed by atoms with Gasteiger partial charge in [0.15, 0.2) is 0 Å². The summed E-state index contributed by atoms with van der Waals surface area (Å²) in [5.74, 6) is 0. The van der Waals surface area contributed by atoms with Crippen molar-refractivity contribution < 1.29 is 0 Å². The van der Waals surface area contributed by atoms with E-state index in [9.17, 15) is 0 Å². The topological polar surface area (TPSA) is 43.3 Å².